The molecule has 0 N–H and O–H groups in total. The summed E-state index contributed by atoms with van der Waals surface area (Å²) in [6, 6.07) is 69.0. The minimum atomic E-state index is -1.47. The van der Waals surface area contributed by atoms with E-state index >= 15 is 4.21 Å². The van der Waals surface area contributed by atoms with Crippen molar-refractivity contribution in [3.8, 4) is 33.9 Å². The number of hydrogen-bond acceptors (Lipinski definition) is 6. The Balaban J connectivity index is 1.14. The molecule has 9 aromatic rings. The van der Waals surface area contributed by atoms with E-state index in [-0.39, 0.29) is 0 Å². The van der Waals surface area contributed by atoms with Crippen molar-refractivity contribution in [2.75, 3.05) is 9.80 Å². The van der Waals surface area contributed by atoms with Crippen LogP contribution in [0.25, 0.3) is 33.9 Å². The summed E-state index contributed by atoms with van der Waals surface area (Å²) >= 11 is 0. The Labute approximate surface area is 344 Å². The fourth-order valence-corrected chi connectivity index (χ4v) is 11.0. The second kappa shape index (κ2) is 13.0. The van der Waals surface area contributed by atoms with Gasteiger partial charge in [0.25, 0.3) is 0 Å². The van der Waals surface area contributed by atoms with E-state index in [1.165, 1.54) is 0 Å². The van der Waals surface area contributed by atoms with Crippen LogP contribution in [0, 0.1) is 0 Å². The molecule has 3 heterocycles. The first-order valence-electron chi connectivity index (χ1n) is 19.7. The lowest BCUT2D eigenvalue weighted by atomic mass is 9.65. The predicted octanol–water partition coefficient (Wildman–Crippen LogP) is 12.3. The summed E-state index contributed by atoms with van der Waals surface area (Å²) in [7, 11) is -1.47. The highest BCUT2D eigenvalue weighted by atomic mass is 32.2. The van der Waals surface area contributed by atoms with Gasteiger partial charge >= 0.3 is 0 Å². The molecule has 1 aromatic heterocycles. The normalized spacial score (nSPS) is 15.1. The lowest BCUT2D eigenvalue weighted by molar-refractivity contribution is 0.682. The van der Waals surface area contributed by atoms with Gasteiger partial charge in [-0.3, -0.25) is 4.90 Å². The molecule has 2 aliphatic heterocycles. The van der Waals surface area contributed by atoms with Gasteiger partial charge in [-0.05, 0) is 70.3 Å². The molecule has 1 atom stereocenters. The number of fused-ring (bicyclic) bond motifs is 12. The molecule has 6 nitrogen and oxygen atoms in total. The van der Waals surface area contributed by atoms with E-state index in [0.29, 0.717) is 17.6 Å². The Bertz CT molecular complexity index is 3050. The lowest BCUT2D eigenvalue weighted by Gasteiger charge is -2.44. The Kier molecular flexibility index (Phi) is 7.43. The third-order valence-electron chi connectivity index (χ3n) is 11.9. The number of anilines is 6. The van der Waals surface area contributed by atoms with Gasteiger partial charge in [-0.1, -0.05) is 158 Å². The molecule has 3 aliphatic rings. The highest BCUT2D eigenvalue weighted by Crippen LogP contribution is 2.65. The minimum Gasteiger partial charge on any atom is -0.308 e. The molecule has 1 spiro atoms. The van der Waals surface area contributed by atoms with Gasteiger partial charge in [-0.25, -0.2) is 9.19 Å². The predicted molar refractivity (Wildman–Crippen MR) is 236 cm³/mol. The molecule has 7 heteroatoms. The average molecular weight is 776 g/mol. The summed E-state index contributed by atoms with van der Waals surface area (Å²) in [6.07, 6.45) is 0. The zero-order valence-electron chi connectivity index (χ0n) is 31.6. The van der Waals surface area contributed by atoms with Crippen LogP contribution in [0.5, 0.6) is 0 Å². The third kappa shape index (κ3) is 4.79. The summed E-state index contributed by atoms with van der Waals surface area (Å²) in [5.41, 5.74) is 12.4. The average Bonchev–Trinajstić information content (AvgIpc) is 3.60. The maximum atomic E-state index is 15.2. The molecule has 1 unspecified atom stereocenters. The van der Waals surface area contributed by atoms with Crippen molar-refractivity contribution >= 4 is 45.2 Å². The van der Waals surface area contributed by atoms with Crippen LogP contribution in [0.4, 0.5) is 34.4 Å². The lowest BCUT2D eigenvalue weighted by Crippen LogP contribution is -2.36. The number of hydrogen-bond donors (Lipinski definition) is 0. The van der Waals surface area contributed by atoms with Crippen LogP contribution in [0.2, 0.25) is 0 Å². The van der Waals surface area contributed by atoms with Crippen LogP contribution in [-0.4, -0.2) is 19.2 Å². The molecule has 0 saturated carbocycles. The molecule has 0 radical (unpaired) electrons. The highest BCUT2D eigenvalue weighted by Gasteiger charge is 2.53. The Morgan fingerprint density at radius 3 is 1.54 bits per heavy atom. The van der Waals surface area contributed by atoms with Crippen molar-refractivity contribution in [2.45, 2.75) is 15.2 Å². The zero-order valence-corrected chi connectivity index (χ0v) is 32.4. The Morgan fingerprint density at radius 2 is 0.915 bits per heavy atom. The first-order valence-corrected chi connectivity index (χ1v) is 20.9. The van der Waals surface area contributed by atoms with E-state index in [1.807, 2.05) is 84.9 Å². The molecule has 0 saturated heterocycles. The van der Waals surface area contributed by atoms with Crippen LogP contribution in [0.15, 0.2) is 210 Å². The molecule has 12 rings (SSSR count). The van der Waals surface area contributed by atoms with Crippen molar-refractivity contribution in [3.63, 3.8) is 0 Å². The van der Waals surface area contributed by atoms with E-state index in [0.717, 1.165) is 82.7 Å². The van der Waals surface area contributed by atoms with E-state index in [1.54, 1.807) is 0 Å². The molecule has 278 valence electrons. The fraction of sp³-hybridized carbons (Fsp3) is 0.0192. The zero-order chi connectivity index (χ0) is 39.1. The van der Waals surface area contributed by atoms with Crippen LogP contribution in [0.1, 0.15) is 22.3 Å². The molecule has 59 heavy (non-hydrogen) atoms. The van der Waals surface area contributed by atoms with Crippen molar-refractivity contribution in [1.29, 1.82) is 0 Å². The van der Waals surface area contributed by atoms with Gasteiger partial charge in [0.2, 0.25) is 5.95 Å². The second-order valence-electron chi connectivity index (χ2n) is 14.9. The molecule has 0 amide bonds. The molecule has 8 aromatic carbocycles. The number of rotatable bonds is 4. The van der Waals surface area contributed by atoms with E-state index < -0.39 is 16.2 Å². The summed E-state index contributed by atoms with van der Waals surface area (Å²) in [4.78, 5) is 21.6. The Hall–Kier alpha value is -7.48. The van der Waals surface area contributed by atoms with Gasteiger partial charge < -0.3 is 4.90 Å². The highest BCUT2D eigenvalue weighted by molar-refractivity contribution is 7.85. The molecular weight excluding hydrogens is 743 g/mol. The number of aromatic nitrogens is 3. The molecule has 1 aliphatic carbocycles. The topological polar surface area (TPSA) is 62.2 Å². The largest absolute Gasteiger partial charge is 0.308 e. The van der Waals surface area contributed by atoms with Crippen molar-refractivity contribution in [3.05, 3.63) is 222 Å². The van der Waals surface area contributed by atoms with Gasteiger partial charge in [0.1, 0.15) is 0 Å². The maximum absolute atomic E-state index is 15.2. The smallest absolute Gasteiger partial charge is 0.238 e. The van der Waals surface area contributed by atoms with Crippen molar-refractivity contribution in [2.24, 2.45) is 0 Å². The molecule has 0 bridgehead atoms. The van der Waals surface area contributed by atoms with E-state index in [9.17, 15) is 0 Å². The van der Waals surface area contributed by atoms with Crippen LogP contribution >= 0.6 is 0 Å². The SMILES string of the molecule is O=S1c2ccccc2N(c2ccccc2)c2ccc3c(c21)-c1ccccc1C31c2ccccc2N(c2nc(-c3ccccc3)nc(-c3ccccc3)n2)c2ccccc21. The van der Waals surface area contributed by atoms with Crippen LogP contribution in [0.3, 0.4) is 0 Å². The number of nitrogens with zero attached hydrogens (tertiary/aromatic N) is 5. The summed E-state index contributed by atoms with van der Waals surface area (Å²) in [5.74, 6) is 1.72. The first-order chi connectivity index (χ1) is 29.2. The number of para-hydroxylation sites is 4. The molecule has 0 fully saturated rings. The minimum absolute atomic E-state index is 0.528. The summed E-state index contributed by atoms with van der Waals surface area (Å²) < 4.78 is 15.2. The van der Waals surface area contributed by atoms with Gasteiger partial charge in [-0.2, -0.15) is 9.97 Å². The maximum Gasteiger partial charge on any atom is 0.238 e. The van der Waals surface area contributed by atoms with Gasteiger partial charge in [0, 0.05) is 22.4 Å². The Morgan fingerprint density at radius 1 is 0.407 bits per heavy atom. The monoisotopic (exact) mass is 775 g/mol. The van der Waals surface area contributed by atoms with E-state index in [2.05, 4.69) is 125 Å². The van der Waals surface area contributed by atoms with Crippen molar-refractivity contribution < 1.29 is 4.21 Å². The van der Waals surface area contributed by atoms with Crippen molar-refractivity contribution in [1.82, 2.24) is 15.0 Å². The quantitative estimate of drug-likeness (QED) is 0.177. The summed E-state index contributed by atoms with van der Waals surface area (Å²) in [6.45, 7) is 0. The number of benzene rings is 8. The second-order valence-corrected chi connectivity index (χ2v) is 16.3. The van der Waals surface area contributed by atoms with E-state index in [4.69, 9.17) is 15.0 Å². The third-order valence-corrected chi connectivity index (χ3v) is 13.4. The van der Waals surface area contributed by atoms with Gasteiger partial charge in [-0.15, -0.1) is 0 Å². The standard InChI is InChI=1S/C52H33N5OS/c58-59-46-31-17-16-30-44(46)56(36-22-8-3-9-23-36)45-33-32-41-47(48(45)59)37-24-10-11-25-38(37)52(41)39-26-12-14-28-42(39)57(43-29-15-13-27-40(43)52)51-54-49(34-18-4-1-5-19-34)53-50(55-51)35-20-6-2-7-21-35/h1-33H. The first kappa shape index (κ1) is 33.6. The van der Waals surface area contributed by atoms with Crippen LogP contribution in [-0.2, 0) is 16.2 Å². The summed E-state index contributed by atoms with van der Waals surface area (Å²) in [5, 5.41) is 0. The fourth-order valence-electron chi connectivity index (χ4n) is 9.52. The molecular formula is C52H33N5OS. The van der Waals surface area contributed by atoms with Crippen LogP contribution < -0.4 is 9.80 Å². The van der Waals surface area contributed by atoms with Gasteiger partial charge in [0.15, 0.2) is 11.6 Å². The van der Waals surface area contributed by atoms with Gasteiger partial charge in [0.05, 0.1) is 48.8 Å².